The van der Waals surface area contributed by atoms with Crippen molar-refractivity contribution in [3.8, 4) is 0 Å². The van der Waals surface area contributed by atoms with Gasteiger partial charge in [0.05, 0.1) is 21.4 Å². The molecule has 7 rings (SSSR count). The first kappa shape index (κ1) is 27.1. The van der Waals surface area contributed by atoms with Crippen LogP contribution in [0.2, 0.25) is 0 Å². The molecule has 2 aliphatic rings. The van der Waals surface area contributed by atoms with Crippen LogP contribution in [0.4, 0.5) is 0 Å². The Balaban J connectivity index is 1.12. The molecule has 3 aromatic carbocycles. The molecule has 0 amide bonds. The van der Waals surface area contributed by atoms with E-state index in [0.29, 0.717) is 30.2 Å². The summed E-state index contributed by atoms with van der Waals surface area (Å²) in [4.78, 5) is 20.4. The summed E-state index contributed by atoms with van der Waals surface area (Å²) in [6, 6.07) is 24.6. The number of imidazole rings is 1. The largest absolute Gasteiger partial charge is 0.419 e. The molecule has 218 valence electrons. The molecule has 4 atom stereocenters. The minimum absolute atomic E-state index is 0.0757. The Labute approximate surface area is 244 Å². The molecular formula is C32H35N5O4S. The van der Waals surface area contributed by atoms with Gasteiger partial charge in [-0.05, 0) is 75.4 Å². The molecule has 2 aliphatic heterocycles. The lowest BCUT2D eigenvalue weighted by atomic mass is 9.92. The van der Waals surface area contributed by atoms with Crippen LogP contribution in [0.3, 0.4) is 0 Å². The van der Waals surface area contributed by atoms with Crippen molar-refractivity contribution in [1.29, 1.82) is 0 Å². The van der Waals surface area contributed by atoms with E-state index < -0.39 is 15.8 Å². The molecule has 2 saturated heterocycles. The predicted octanol–water partition coefficient (Wildman–Crippen LogP) is 4.94. The highest BCUT2D eigenvalue weighted by Gasteiger charge is 2.41. The third-order valence-electron chi connectivity index (χ3n) is 9.37. The molecular weight excluding hydrogens is 550 g/mol. The number of nitrogens with zero attached hydrogens (tertiary/aromatic N) is 4. The zero-order valence-electron chi connectivity index (χ0n) is 23.6. The number of fused-ring (bicyclic) bond motifs is 4. The highest BCUT2D eigenvalue weighted by molar-refractivity contribution is 7.89. The lowest BCUT2D eigenvalue weighted by Gasteiger charge is -2.40. The quantitative estimate of drug-likeness (QED) is 0.276. The van der Waals surface area contributed by atoms with Crippen molar-refractivity contribution in [3.63, 3.8) is 0 Å². The lowest BCUT2D eigenvalue weighted by Crippen LogP contribution is -2.44. The van der Waals surface area contributed by atoms with E-state index in [0.717, 1.165) is 37.1 Å². The minimum atomic E-state index is -3.90. The molecule has 5 aromatic rings. The van der Waals surface area contributed by atoms with E-state index in [2.05, 4.69) is 52.8 Å². The summed E-state index contributed by atoms with van der Waals surface area (Å²) in [5.74, 6) is 0.674. The number of para-hydroxylation sites is 2. The average molecular weight is 586 g/mol. The van der Waals surface area contributed by atoms with Crippen molar-refractivity contribution < 1.29 is 12.8 Å². The van der Waals surface area contributed by atoms with E-state index in [9.17, 15) is 13.2 Å². The topological polar surface area (TPSA) is 116 Å². The van der Waals surface area contributed by atoms with E-state index >= 15 is 0 Å². The second-order valence-corrected chi connectivity index (χ2v) is 13.4. The summed E-state index contributed by atoms with van der Waals surface area (Å²) >= 11 is 0. The van der Waals surface area contributed by atoms with Crippen molar-refractivity contribution in [1.82, 2.24) is 19.0 Å². The van der Waals surface area contributed by atoms with Crippen molar-refractivity contribution in [3.05, 3.63) is 94.7 Å². The van der Waals surface area contributed by atoms with E-state index in [-0.39, 0.29) is 16.4 Å². The Hall–Kier alpha value is -3.73. The Kier molecular flexibility index (Phi) is 6.79. The van der Waals surface area contributed by atoms with Crippen LogP contribution in [0, 0.1) is 6.92 Å². The van der Waals surface area contributed by atoms with Crippen molar-refractivity contribution in [2.45, 2.75) is 74.5 Å². The van der Waals surface area contributed by atoms with Crippen LogP contribution >= 0.6 is 0 Å². The van der Waals surface area contributed by atoms with Crippen molar-refractivity contribution in [2.24, 2.45) is 5.14 Å². The summed E-state index contributed by atoms with van der Waals surface area (Å²) in [5.41, 5.74) is 4.25. The zero-order valence-corrected chi connectivity index (χ0v) is 24.4. The number of nitrogens with two attached hydrogens (primary N) is 1. The molecule has 10 heteroatoms. The van der Waals surface area contributed by atoms with E-state index in [1.807, 2.05) is 18.2 Å². The molecule has 2 fully saturated rings. The average Bonchev–Trinajstić information content (AvgIpc) is 3.56. The smallest absolute Gasteiger partial charge is 0.408 e. The van der Waals surface area contributed by atoms with Gasteiger partial charge in [0.25, 0.3) is 0 Å². The third-order valence-corrected chi connectivity index (χ3v) is 10.3. The number of sulfonamides is 1. The predicted molar refractivity (Wildman–Crippen MR) is 162 cm³/mol. The maximum atomic E-state index is 13.0. The molecule has 0 saturated carbocycles. The molecule has 0 spiro atoms. The number of hydrogen-bond donors (Lipinski definition) is 1. The summed E-state index contributed by atoms with van der Waals surface area (Å²) in [6.45, 7) is 3.51. The van der Waals surface area contributed by atoms with Crippen molar-refractivity contribution in [2.75, 3.05) is 6.54 Å². The highest BCUT2D eigenvalue weighted by atomic mass is 32.2. The summed E-state index contributed by atoms with van der Waals surface area (Å²) in [6.07, 6.45) is 5.54. The van der Waals surface area contributed by atoms with Gasteiger partial charge in [0.1, 0.15) is 5.82 Å². The Morgan fingerprint density at radius 3 is 2.40 bits per heavy atom. The fourth-order valence-electron chi connectivity index (χ4n) is 7.46. The molecule has 9 nitrogen and oxygen atoms in total. The first-order valence-electron chi connectivity index (χ1n) is 14.7. The van der Waals surface area contributed by atoms with Gasteiger partial charge in [0.2, 0.25) is 10.0 Å². The number of rotatable bonds is 8. The number of aromatic nitrogens is 3. The van der Waals surface area contributed by atoms with Gasteiger partial charge < -0.3 is 8.98 Å². The van der Waals surface area contributed by atoms with Crippen molar-refractivity contribution >= 4 is 32.2 Å². The van der Waals surface area contributed by atoms with Gasteiger partial charge in [0, 0.05) is 36.7 Å². The van der Waals surface area contributed by atoms with Gasteiger partial charge in [-0.15, -0.1) is 0 Å². The van der Waals surface area contributed by atoms with Crippen LogP contribution in [0.1, 0.15) is 55.5 Å². The Bertz CT molecular complexity index is 1910. The van der Waals surface area contributed by atoms with Gasteiger partial charge >= 0.3 is 5.76 Å². The van der Waals surface area contributed by atoms with Crippen LogP contribution in [0.5, 0.6) is 0 Å². The maximum absolute atomic E-state index is 13.0. The first-order valence-corrected chi connectivity index (χ1v) is 16.2. The number of aryl methyl sites for hydroxylation is 1. The molecule has 0 aliphatic carbocycles. The number of primary sulfonamides is 1. The van der Waals surface area contributed by atoms with Crippen LogP contribution in [-0.2, 0) is 16.6 Å². The molecule has 2 N–H and O–H groups in total. The number of piperidine rings is 1. The molecule has 2 aromatic heterocycles. The van der Waals surface area contributed by atoms with Gasteiger partial charge in [0.15, 0.2) is 5.58 Å². The number of oxazole rings is 1. The zero-order chi connectivity index (χ0) is 29.0. The SMILES string of the molecule is Cc1nc2ccccc2n1C1C[C@H]2CC[C@@H](C1)N2CCC(Cn1c(=O)oc2cc(S(N)(=O)=O)ccc21)c1ccccc1. The van der Waals surface area contributed by atoms with Gasteiger partial charge in [-0.25, -0.2) is 23.3 Å². The minimum Gasteiger partial charge on any atom is -0.408 e. The molecule has 42 heavy (non-hydrogen) atoms. The first-order chi connectivity index (χ1) is 20.3. The number of hydrogen-bond acceptors (Lipinski definition) is 6. The van der Waals surface area contributed by atoms with E-state index in [1.54, 1.807) is 10.6 Å². The summed E-state index contributed by atoms with van der Waals surface area (Å²) < 4.78 is 33.2. The maximum Gasteiger partial charge on any atom is 0.419 e. The van der Waals surface area contributed by atoms with Crippen LogP contribution in [0.25, 0.3) is 22.1 Å². The van der Waals surface area contributed by atoms with Gasteiger partial charge in [-0.2, -0.15) is 0 Å². The van der Waals surface area contributed by atoms with Crippen LogP contribution < -0.4 is 10.9 Å². The van der Waals surface area contributed by atoms with Gasteiger partial charge in [-0.1, -0.05) is 42.5 Å². The Morgan fingerprint density at radius 1 is 0.952 bits per heavy atom. The Morgan fingerprint density at radius 2 is 1.67 bits per heavy atom. The fourth-order valence-corrected chi connectivity index (χ4v) is 7.99. The standard InChI is InChI=1S/C32H35N5O4S/c1-21-34-28-9-5-6-10-29(28)37(21)26-17-24-11-12-25(18-26)35(24)16-15-23(22-7-3-2-4-8-22)20-36-30-14-13-27(42(33,39)40)19-31(30)41-32(36)38/h2-10,13-14,19,23-26H,11-12,15-18,20H2,1H3,(H2,33,39,40)/t23?,24-,25+,26?. The van der Waals surface area contributed by atoms with Crippen LogP contribution in [0.15, 0.2) is 86.9 Å². The fraction of sp³-hybridized carbons (Fsp3) is 0.375. The summed E-state index contributed by atoms with van der Waals surface area (Å²) in [7, 11) is -3.90. The molecule has 0 radical (unpaired) electrons. The van der Waals surface area contributed by atoms with E-state index in [4.69, 9.17) is 14.5 Å². The normalized spacial score (nSPS) is 21.8. The van der Waals surface area contributed by atoms with E-state index in [1.165, 1.54) is 36.1 Å². The number of benzene rings is 3. The monoisotopic (exact) mass is 585 g/mol. The molecule has 2 unspecified atom stereocenters. The van der Waals surface area contributed by atoms with Gasteiger partial charge in [-0.3, -0.25) is 9.47 Å². The van der Waals surface area contributed by atoms with Crippen LogP contribution in [-0.4, -0.2) is 46.1 Å². The summed E-state index contributed by atoms with van der Waals surface area (Å²) in [5, 5.41) is 5.29. The second-order valence-electron chi connectivity index (χ2n) is 11.8. The second kappa shape index (κ2) is 10.5. The molecule has 4 heterocycles. The lowest BCUT2D eigenvalue weighted by molar-refractivity contribution is 0.103. The third kappa shape index (κ3) is 4.87. The molecule has 2 bridgehead atoms. The highest BCUT2D eigenvalue weighted by Crippen LogP contribution is 2.43.